The second kappa shape index (κ2) is 8.67. The minimum absolute atomic E-state index is 0.135. The molecule has 0 fully saturated rings. The number of aromatic nitrogens is 2. The molecule has 0 aliphatic heterocycles. The first-order chi connectivity index (χ1) is 12.6. The molecule has 0 atom stereocenters. The first kappa shape index (κ1) is 18.2. The highest BCUT2D eigenvalue weighted by Crippen LogP contribution is 2.18. The van der Waals surface area contributed by atoms with Crippen LogP contribution in [0.25, 0.3) is 0 Å². The highest BCUT2D eigenvalue weighted by atomic mass is 32.2. The van der Waals surface area contributed by atoms with Crippen molar-refractivity contribution in [3.8, 4) is 0 Å². The van der Waals surface area contributed by atoms with E-state index in [1.165, 1.54) is 10.5 Å². The Balaban J connectivity index is 1.54. The second-order valence-corrected chi connectivity index (χ2v) is 7.30. The number of anilines is 1. The first-order valence-corrected chi connectivity index (χ1v) is 9.50. The summed E-state index contributed by atoms with van der Waals surface area (Å²) < 4.78 is 5.52. The van der Waals surface area contributed by atoms with E-state index in [0.29, 0.717) is 12.3 Å². The molecule has 5 nitrogen and oxygen atoms in total. The lowest BCUT2D eigenvalue weighted by molar-refractivity contribution is -0.115. The Kier molecular flexibility index (Phi) is 6.07. The molecule has 0 aliphatic rings. The average molecular weight is 367 g/mol. The molecule has 0 unspecified atom stereocenters. The molecular formula is C20H21N3O2S. The average Bonchev–Trinajstić information content (AvgIpc) is 3.05. The van der Waals surface area contributed by atoms with Gasteiger partial charge >= 0.3 is 6.01 Å². The number of carbonyl (C=O) groups is 1. The molecule has 0 bridgehead atoms. The van der Waals surface area contributed by atoms with Crippen LogP contribution in [0.15, 0.2) is 57.8 Å². The molecule has 3 aromatic rings. The van der Waals surface area contributed by atoms with Crippen LogP contribution in [-0.2, 0) is 17.6 Å². The predicted octanol–water partition coefficient (Wildman–Crippen LogP) is 4.26. The van der Waals surface area contributed by atoms with Gasteiger partial charge in [0, 0.05) is 4.90 Å². The van der Waals surface area contributed by atoms with Crippen LogP contribution in [0.4, 0.5) is 6.01 Å². The summed E-state index contributed by atoms with van der Waals surface area (Å²) in [5.74, 6) is 1.33. The Morgan fingerprint density at radius 1 is 1.04 bits per heavy atom. The zero-order valence-electron chi connectivity index (χ0n) is 14.9. The quantitative estimate of drug-likeness (QED) is 0.632. The minimum Gasteiger partial charge on any atom is -0.407 e. The first-order valence-electron chi connectivity index (χ1n) is 8.52. The summed E-state index contributed by atoms with van der Waals surface area (Å²) in [6, 6.07) is 16.3. The zero-order valence-corrected chi connectivity index (χ0v) is 15.7. The predicted molar refractivity (Wildman–Crippen MR) is 103 cm³/mol. The van der Waals surface area contributed by atoms with Crippen LogP contribution >= 0.6 is 11.8 Å². The van der Waals surface area contributed by atoms with E-state index >= 15 is 0 Å². The molecule has 0 radical (unpaired) electrons. The van der Waals surface area contributed by atoms with Gasteiger partial charge in [-0.15, -0.1) is 16.9 Å². The highest BCUT2D eigenvalue weighted by Gasteiger charge is 2.11. The number of aryl methyl sites for hydroxylation is 1. The Bertz CT molecular complexity index is 858. The molecule has 1 heterocycles. The summed E-state index contributed by atoms with van der Waals surface area (Å²) in [7, 11) is 0. The fourth-order valence-electron chi connectivity index (χ4n) is 2.48. The van der Waals surface area contributed by atoms with Crippen molar-refractivity contribution in [3.05, 3.63) is 71.1 Å². The summed E-state index contributed by atoms with van der Waals surface area (Å²) in [5, 5.41) is 10.6. The van der Waals surface area contributed by atoms with Gasteiger partial charge in [0.15, 0.2) is 0 Å². The molecule has 3 rings (SSSR count). The number of benzene rings is 2. The van der Waals surface area contributed by atoms with E-state index in [2.05, 4.69) is 22.4 Å². The van der Waals surface area contributed by atoms with Crippen LogP contribution in [0.5, 0.6) is 0 Å². The summed E-state index contributed by atoms with van der Waals surface area (Å²) >= 11 is 1.78. The number of thioether (sulfide) groups is 1. The third-order valence-corrected chi connectivity index (χ3v) is 4.68. The van der Waals surface area contributed by atoms with Crippen LogP contribution in [0.3, 0.4) is 0 Å². The van der Waals surface area contributed by atoms with Gasteiger partial charge in [0.05, 0.1) is 12.8 Å². The summed E-state index contributed by atoms with van der Waals surface area (Å²) in [4.78, 5) is 13.4. The van der Waals surface area contributed by atoms with Crippen molar-refractivity contribution >= 4 is 23.7 Å². The van der Waals surface area contributed by atoms with E-state index in [-0.39, 0.29) is 18.3 Å². The van der Waals surface area contributed by atoms with Crippen molar-refractivity contribution in [1.29, 1.82) is 0 Å². The number of carbonyl (C=O) groups excluding carboxylic acids is 1. The van der Waals surface area contributed by atoms with E-state index in [0.717, 1.165) is 16.9 Å². The van der Waals surface area contributed by atoms with Gasteiger partial charge in [-0.05, 0) is 35.9 Å². The maximum absolute atomic E-state index is 12.2. The van der Waals surface area contributed by atoms with Gasteiger partial charge < -0.3 is 4.42 Å². The lowest BCUT2D eigenvalue weighted by Crippen LogP contribution is -2.14. The van der Waals surface area contributed by atoms with Gasteiger partial charge in [0.2, 0.25) is 11.8 Å². The number of hydrogen-bond acceptors (Lipinski definition) is 5. The van der Waals surface area contributed by atoms with Crippen molar-refractivity contribution < 1.29 is 9.21 Å². The third kappa shape index (κ3) is 5.20. The topological polar surface area (TPSA) is 68.0 Å². The molecule has 1 amide bonds. The van der Waals surface area contributed by atoms with Gasteiger partial charge in [-0.1, -0.05) is 54.0 Å². The second-order valence-electron chi connectivity index (χ2n) is 5.97. The van der Waals surface area contributed by atoms with E-state index < -0.39 is 0 Å². The molecular weight excluding hydrogens is 346 g/mol. The van der Waals surface area contributed by atoms with Gasteiger partial charge in [-0.2, -0.15) is 0 Å². The molecule has 0 saturated heterocycles. The Morgan fingerprint density at radius 3 is 2.42 bits per heavy atom. The molecule has 0 saturated carbocycles. The Labute approximate surface area is 157 Å². The Hall–Kier alpha value is -2.60. The lowest BCUT2D eigenvalue weighted by Gasteiger charge is -2.03. The molecule has 1 N–H and O–H groups in total. The van der Waals surface area contributed by atoms with E-state index in [1.54, 1.807) is 11.8 Å². The van der Waals surface area contributed by atoms with Gasteiger partial charge in [0.1, 0.15) is 0 Å². The van der Waals surface area contributed by atoms with E-state index in [1.807, 2.05) is 55.5 Å². The molecule has 1 aromatic heterocycles. The molecule has 0 spiro atoms. The summed E-state index contributed by atoms with van der Waals surface area (Å²) in [6.07, 6.45) is 0.812. The van der Waals surface area contributed by atoms with Crippen LogP contribution < -0.4 is 5.32 Å². The largest absolute Gasteiger partial charge is 0.407 e. The number of amides is 1. The molecule has 26 heavy (non-hydrogen) atoms. The van der Waals surface area contributed by atoms with Crippen LogP contribution in [0.1, 0.15) is 29.5 Å². The number of nitrogens with zero attached hydrogens (tertiary/aromatic N) is 2. The van der Waals surface area contributed by atoms with E-state index in [9.17, 15) is 4.79 Å². The maximum Gasteiger partial charge on any atom is 0.322 e. The van der Waals surface area contributed by atoms with Crippen molar-refractivity contribution in [1.82, 2.24) is 10.2 Å². The molecule has 134 valence electrons. The van der Waals surface area contributed by atoms with Crippen molar-refractivity contribution in [2.24, 2.45) is 0 Å². The van der Waals surface area contributed by atoms with Crippen molar-refractivity contribution in [2.75, 3.05) is 11.1 Å². The van der Waals surface area contributed by atoms with Gasteiger partial charge in [-0.25, -0.2) is 0 Å². The monoisotopic (exact) mass is 367 g/mol. The maximum atomic E-state index is 12.2. The van der Waals surface area contributed by atoms with Gasteiger partial charge in [0.25, 0.3) is 0 Å². The molecule has 2 aromatic carbocycles. The van der Waals surface area contributed by atoms with Crippen molar-refractivity contribution in [2.45, 2.75) is 31.6 Å². The fraction of sp³-hybridized carbons (Fsp3) is 0.250. The summed E-state index contributed by atoms with van der Waals surface area (Å²) in [6.45, 7) is 4.16. The number of hydrogen-bond donors (Lipinski definition) is 1. The SMILES string of the molecule is CCSc1ccc(CC(=O)Nc2nnc(Cc3ccc(C)cc3)o2)cc1. The normalized spacial score (nSPS) is 10.7. The Morgan fingerprint density at radius 2 is 1.73 bits per heavy atom. The highest BCUT2D eigenvalue weighted by molar-refractivity contribution is 7.99. The minimum atomic E-state index is -0.175. The standard InChI is InChI=1S/C20H21N3O2S/c1-3-26-17-10-8-15(9-11-17)12-18(24)21-20-23-22-19(25-20)13-16-6-4-14(2)5-7-16/h4-11H,3,12-13H2,1-2H3,(H,21,23,24). The molecule has 0 aliphatic carbocycles. The zero-order chi connectivity index (χ0) is 18.4. The molecule has 6 heteroatoms. The van der Waals surface area contributed by atoms with Gasteiger partial charge in [-0.3, -0.25) is 10.1 Å². The lowest BCUT2D eigenvalue weighted by atomic mass is 10.1. The summed E-state index contributed by atoms with van der Waals surface area (Å²) in [5.41, 5.74) is 3.23. The van der Waals surface area contributed by atoms with Crippen LogP contribution in [0, 0.1) is 6.92 Å². The third-order valence-electron chi connectivity index (χ3n) is 3.79. The van der Waals surface area contributed by atoms with Crippen molar-refractivity contribution in [3.63, 3.8) is 0 Å². The number of rotatable bonds is 7. The van der Waals surface area contributed by atoms with E-state index in [4.69, 9.17) is 4.42 Å². The fourth-order valence-corrected chi connectivity index (χ4v) is 3.14. The van der Waals surface area contributed by atoms with Crippen LogP contribution in [0.2, 0.25) is 0 Å². The smallest absolute Gasteiger partial charge is 0.322 e. The number of nitrogens with one attached hydrogen (secondary N) is 1. The van der Waals surface area contributed by atoms with Crippen LogP contribution in [-0.4, -0.2) is 21.9 Å².